The summed E-state index contributed by atoms with van der Waals surface area (Å²) in [5.41, 5.74) is 2.09. The van der Waals surface area contributed by atoms with Crippen molar-refractivity contribution in [3.8, 4) is 5.75 Å². The van der Waals surface area contributed by atoms with Crippen molar-refractivity contribution < 1.29 is 10.2 Å². The van der Waals surface area contributed by atoms with E-state index in [1.165, 1.54) is 19.3 Å². The lowest BCUT2D eigenvalue weighted by Gasteiger charge is -2.26. The first-order chi connectivity index (χ1) is 8.51. The van der Waals surface area contributed by atoms with Crippen LogP contribution in [-0.2, 0) is 11.8 Å². The number of rotatable bonds is 7. The Bertz CT molecular complexity index is 369. The molecule has 0 fully saturated rings. The summed E-state index contributed by atoms with van der Waals surface area (Å²) in [6.45, 7) is 6.72. The summed E-state index contributed by atoms with van der Waals surface area (Å²) in [5.74, 6) is 0.373. The van der Waals surface area contributed by atoms with Gasteiger partial charge < -0.3 is 10.2 Å². The van der Waals surface area contributed by atoms with Gasteiger partial charge in [0.15, 0.2) is 0 Å². The number of aliphatic hydroxyl groups is 1. The number of phenolic OH excluding ortho intramolecular Hbond substituents is 1. The van der Waals surface area contributed by atoms with Crippen LogP contribution in [0.1, 0.15) is 57.6 Å². The van der Waals surface area contributed by atoms with Crippen molar-refractivity contribution in [1.29, 1.82) is 0 Å². The van der Waals surface area contributed by atoms with Crippen LogP contribution >= 0.6 is 0 Å². The summed E-state index contributed by atoms with van der Waals surface area (Å²) < 4.78 is 0. The van der Waals surface area contributed by atoms with Gasteiger partial charge in [0.1, 0.15) is 5.75 Å². The van der Waals surface area contributed by atoms with E-state index in [2.05, 4.69) is 20.8 Å². The molecular formula is C16H26O2. The van der Waals surface area contributed by atoms with Gasteiger partial charge in [-0.15, -0.1) is 0 Å². The molecule has 0 heterocycles. The van der Waals surface area contributed by atoms with Crippen molar-refractivity contribution in [2.45, 2.75) is 58.3 Å². The zero-order chi connectivity index (χ0) is 13.6. The molecule has 2 heteroatoms. The number of hydrogen-bond donors (Lipinski definition) is 2. The van der Waals surface area contributed by atoms with Gasteiger partial charge in [-0.25, -0.2) is 0 Å². The minimum atomic E-state index is -0.00921. The molecular weight excluding hydrogens is 224 g/mol. The van der Waals surface area contributed by atoms with Crippen molar-refractivity contribution in [3.63, 3.8) is 0 Å². The number of phenols is 1. The van der Waals surface area contributed by atoms with E-state index >= 15 is 0 Å². The second kappa shape index (κ2) is 6.79. The van der Waals surface area contributed by atoms with Crippen LogP contribution in [0.5, 0.6) is 5.75 Å². The molecule has 0 saturated heterocycles. The highest BCUT2D eigenvalue weighted by Crippen LogP contribution is 2.35. The number of unbranched alkanes of at least 4 members (excludes halogenated alkanes) is 2. The SMILES string of the molecule is CCCCCC(C)(C)c1cc(CCO)ccc1O. The molecule has 0 aliphatic rings. The molecule has 0 bridgehead atoms. The first kappa shape index (κ1) is 15.0. The third-order valence-corrected chi connectivity index (χ3v) is 3.60. The molecule has 0 aliphatic carbocycles. The van der Waals surface area contributed by atoms with Crippen LogP contribution in [-0.4, -0.2) is 16.8 Å². The van der Waals surface area contributed by atoms with Crippen LogP contribution in [0.2, 0.25) is 0 Å². The highest BCUT2D eigenvalue weighted by molar-refractivity contribution is 5.41. The first-order valence-electron chi connectivity index (χ1n) is 6.94. The number of aliphatic hydroxyl groups excluding tert-OH is 1. The Labute approximate surface area is 111 Å². The molecule has 18 heavy (non-hydrogen) atoms. The van der Waals surface area contributed by atoms with Gasteiger partial charge in [0, 0.05) is 6.61 Å². The van der Waals surface area contributed by atoms with Crippen molar-refractivity contribution in [2.75, 3.05) is 6.61 Å². The van der Waals surface area contributed by atoms with Crippen molar-refractivity contribution in [1.82, 2.24) is 0 Å². The molecule has 0 amide bonds. The molecule has 0 aromatic heterocycles. The van der Waals surface area contributed by atoms with Crippen LogP contribution < -0.4 is 0 Å². The fraction of sp³-hybridized carbons (Fsp3) is 0.625. The van der Waals surface area contributed by atoms with E-state index < -0.39 is 0 Å². The molecule has 2 N–H and O–H groups in total. The summed E-state index contributed by atoms with van der Waals surface area (Å²) in [7, 11) is 0. The molecule has 2 nitrogen and oxygen atoms in total. The van der Waals surface area contributed by atoms with Crippen molar-refractivity contribution in [2.24, 2.45) is 0 Å². The minimum Gasteiger partial charge on any atom is -0.508 e. The van der Waals surface area contributed by atoms with E-state index in [9.17, 15) is 5.11 Å². The predicted molar refractivity (Wildman–Crippen MR) is 76.1 cm³/mol. The second-order valence-corrected chi connectivity index (χ2v) is 5.67. The Morgan fingerprint density at radius 3 is 2.50 bits per heavy atom. The smallest absolute Gasteiger partial charge is 0.119 e. The molecule has 0 unspecified atom stereocenters. The molecule has 1 aromatic rings. The quantitative estimate of drug-likeness (QED) is 0.723. The Morgan fingerprint density at radius 1 is 1.17 bits per heavy atom. The topological polar surface area (TPSA) is 40.5 Å². The van der Waals surface area contributed by atoms with Gasteiger partial charge in [0.25, 0.3) is 0 Å². The third-order valence-electron chi connectivity index (χ3n) is 3.60. The highest BCUT2D eigenvalue weighted by Gasteiger charge is 2.23. The average molecular weight is 250 g/mol. The largest absolute Gasteiger partial charge is 0.508 e. The fourth-order valence-electron chi connectivity index (χ4n) is 2.36. The molecule has 0 radical (unpaired) electrons. The molecule has 0 atom stereocenters. The Hall–Kier alpha value is -1.02. The van der Waals surface area contributed by atoms with E-state index in [-0.39, 0.29) is 12.0 Å². The summed E-state index contributed by atoms with van der Waals surface area (Å²) in [6.07, 6.45) is 5.37. The molecule has 0 aliphatic heterocycles. The Morgan fingerprint density at radius 2 is 1.89 bits per heavy atom. The van der Waals surface area contributed by atoms with Crippen LogP contribution in [0.15, 0.2) is 18.2 Å². The zero-order valence-corrected chi connectivity index (χ0v) is 11.9. The van der Waals surface area contributed by atoms with Crippen molar-refractivity contribution >= 4 is 0 Å². The lowest BCUT2D eigenvalue weighted by atomic mass is 9.79. The molecule has 0 saturated carbocycles. The summed E-state index contributed by atoms with van der Waals surface area (Å²) in [6, 6.07) is 5.68. The lowest BCUT2D eigenvalue weighted by Crippen LogP contribution is -2.17. The standard InChI is InChI=1S/C16H26O2/c1-4-5-6-10-16(2,3)14-12-13(9-11-17)7-8-15(14)18/h7-8,12,17-18H,4-6,9-11H2,1-3H3. The van der Waals surface area contributed by atoms with Gasteiger partial charge in [-0.2, -0.15) is 0 Å². The first-order valence-corrected chi connectivity index (χ1v) is 6.94. The maximum absolute atomic E-state index is 10.0. The van der Waals surface area contributed by atoms with Gasteiger partial charge in [0.05, 0.1) is 0 Å². The van der Waals surface area contributed by atoms with E-state index in [1.54, 1.807) is 6.07 Å². The van der Waals surface area contributed by atoms with Gasteiger partial charge in [-0.05, 0) is 35.4 Å². The molecule has 1 rings (SSSR count). The van der Waals surface area contributed by atoms with E-state index in [1.807, 2.05) is 12.1 Å². The normalized spacial score (nSPS) is 11.8. The highest BCUT2D eigenvalue weighted by atomic mass is 16.3. The van der Waals surface area contributed by atoms with Crippen LogP contribution in [0.3, 0.4) is 0 Å². The monoisotopic (exact) mass is 250 g/mol. The van der Waals surface area contributed by atoms with Gasteiger partial charge in [-0.1, -0.05) is 52.2 Å². The summed E-state index contributed by atoms with van der Waals surface area (Å²) in [5, 5.41) is 19.0. The Kier molecular flexibility index (Phi) is 5.67. The van der Waals surface area contributed by atoms with Crippen LogP contribution in [0.4, 0.5) is 0 Å². The van der Waals surface area contributed by atoms with E-state index in [0.29, 0.717) is 12.2 Å². The third kappa shape index (κ3) is 4.02. The average Bonchev–Trinajstić information content (AvgIpc) is 2.32. The van der Waals surface area contributed by atoms with E-state index in [4.69, 9.17) is 5.11 Å². The number of hydrogen-bond acceptors (Lipinski definition) is 2. The summed E-state index contributed by atoms with van der Waals surface area (Å²) in [4.78, 5) is 0. The maximum Gasteiger partial charge on any atom is 0.119 e. The van der Waals surface area contributed by atoms with Gasteiger partial charge >= 0.3 is 0 Å². The number of benzene rings is 1. The molecule has 102 valence electrons. The second-order valence-electron chi connectivity index (χ2n) is 5.67. The summed E-state index contributed by atoms with van der Waals surface area (Å²) >= 11 is 0. The molecule has 1 aromatic carbocycles. The number of aromatic hydroxyl groups is 1. The van der Waals surface area contributed by atoms with Crippen LogP contribution in [0.25, 0.3) is 0 Å². The van der Waals surface area contributed by atoms with Gasteiger partial charge in [-0.3, -0.25) is 0 Å². The van der Waals surface area contributed by atoms with Crippen molar-refractivity contribution in [3.05, 3.63) is 29.3 Å². The minimum absolute atomic E-state index is 0.00921. The lowest BCUT2D eigenvalue weighted by molar-refractivity contribution is 0.299. The maximum atomic E-state index is 10.0. The zero-order valence-electron chi connectivity index (χ0n) is 11.9. The predicted octanol–water partition coefficient (Wildman–Crippen LogP) is 3.78. The van der Waals surface area contributed by atoms with Gasteiger partial charge in [0.2, 0.25) is 0 Å². The fourth-order valence-corrected chi connectivity index (χ4v) is 2.36. The van der Waals surface area contributed by atoms with Crippen LogP contribution in [0, 0.1) is 0 Å². The van der Waals surface area contributed by atoms with E-state index in [0.717, 1.165) is 17.5 Å². The molecule has 0 spiro atoms. The Balaban J connectivity index is 2.87.